The van der Waals surface area contributed by atoms with Gasteiger partial charge < -0.3 is 15.5 Å². The first-order chi connectivity index (χ1) is 14.6. The molecule has 0 unspecified atom stereocenters. The zero-order valence-electron chi connectivity index (χ0n) is 19.7. The van der Waals surface area contributed by atoms with Crippen molar-refractivity contribution in [2.45, 2.75) is 97.5 Å². The van der Waals surface area contributed by atoms with Crippen LogP contribution in [0.15, 0.2) is 0 Å². The van der Waals surface area contributed by atoms with Crippen LogP contribution in [0.3, 0.4) is 0 Å². The van der Waals surface area contributed by atoms with E-state index in [9.17, 15) is 14.7 Å². The van der Waals surface area contributed by atoms with Gasteiger partial charge in [-0.2, -0.15) is 0 Å². The number of aliphatic hydroxyl groups is 1. The van der Waals surface area contributed by atoms with E-state index < -0.39 is 5.97 Å². The van der Waals surface area contributed by atoms with E-state index in [0.29, 0.717) is 35.0 Å². The van der Waals surface area contributed by atoms with Gasteiger partial charge >= 0.3 is 5.97 Å². The van der Waals surface area contributed by atoms with Gasteiger partial charge in [-0.3, -0.25) is 9.59 Å². The maximum absolute atomic E-state index is 12.0. The maximum Gasteiger partial charge on any atom is 0.322 e. The maximum atomic E-state index is 12.0. The zero-order chi connectivity index (χ0) is 22.4. The fraction of sp³-hybridized carbons (Fsp3) is 0.923. The summed E-state index contributed by atoms with van der Waals surface area (Å²) in [4.78, 5) is 22.7. The summed E-state index contributed by atoms with van der Waals surface area (Å²) in [5.74, 6) is 3.23. The summed E-state index contributed by atoms with van der Waals surface area (Å²) in [6.45, 7) is 7.13. The van der Waals surface area contributed by atoms with Crippen LogP contribution in [-0.4, -0.2) is 34.7 Å². The molecule has 176 valence electrons. The second kappa shape index (κ2) is 8.68. The van der Waals surface area contributed by atoms with Gasteiger partial charge in [0.05, 0.1) is 6.10 Å². The van der Waals surface area contributed by atoms with Crippen molar-refractivity contribution >= 4 is 11.9 Å². The summed E-state index contributed by atoms with van der Waals surface area (Å²) >= 11 is 0. The van der Waals surface area contributed by atoms with Gasteiger partial charge in [0.25, 0.3) is 0 Å². The second-order valence-corrected chi connectivity index (χ2v) is 12.0. The molecule has 0 heterocycles. The summed E-state index contributed by atoms with van der Waals surface area (Å²) in [5.41, 5.74) is 0.810. The Bertz CT molecular complexity index is 695. The second-order valence-electron chi connectivity index (χ2n) is 12.0. The lowest BCUT2D eigenvalue weighted by atomic mass is 9.44. The third kappa shape index (κ3) is 4.16. The Hall–Kier alpha value is -1.10. The highest BCUT2D eigenvalue weighted by molar-refractivity contribution is 5.81. The number of aliphatic carboxylic acids is 1. The van der Waals surface area contributed by atoms with Gasteiger partial charge in [-0.05, 0) is 111 Å². The van der Waals surface area contributed by atoms with E-state index in [0.717, 1.165) is 37.0 Å². The summed E-state index contributed by atoms with van der Waals surface area (Å²) in [5, 5.41) is 21.5. The minimum Gasteiger partial charge on any atom is -0.480 e. The molecule has 0 spiro atoms. The number of hydrogen-bond donors (Lipinski definition) is 3. The van der Waals surface area contributed by atoms with Gasteiger partial charge in [-0.25, -0.2) is 0 Å². The normalized spacial score (nSPS) is 45.2. The molecule has 0 aromatic heterocycles. The Morgan fingerprint density at radius 3 is 2.45 bits per heavy atom. The van der Waals surface area contributed by atoms with E-state index in [1.165, 1.54) is 44.9 Å². The molecule has 4 rings (SSSR count). The number of carbonyl (C=O) groups excluding carboxylic acids is 1. The Balaban J connectivity index is 1.40. The molecule has 31 heavy (non-hydrogen) atoms. The molecule has 9 atom stereocenters. The molecule has 0 aromatic rings. The topological polar surface area (TPSA) is 86.6 Å². The van der Waals surface area contributed by atoms with Gasteiger partial charge in [-0.15, -0.1) is 0 Å². The highest BCUT2D eigenvalue weighted by Crippen LogP contribution is 2.68. The Morgan fingerprint density at radius 2 is 1.71 bits per heavy atom. The van der Waals surface area contributed by atoms with Gasteiger partial charge in [0.2, 0.25) is 5.91 Å². The van der Waals surface area contributed by atoms with E-state index in [1.54, 1.807) is 0 Å². The van der Waals surface area contributed by atoms with Crippen LogP contribution in [0.5, 0.6) is 0 Å². The van der Waals surface area contributed by atoms with Crippen LogP contribution in [0.25, 0.3) is 0 Å². The van der Waals surface area contributed by atoms with Crippen molar-refractivity contribution in [3.63, 3.8) is 0 Å². The molecular weight excluding hydrogens is 390 g/mol. The number of hydrogen-bond acceptors (Lipinski definition) is 3. The molecule has 5 heteroatoms. The van der Waals surface area contributed by atoms with Crippen molar-refractivity contribution in [2.75, 3.05) is 6.54 Å². The van der Waals surface area contributed by atoms with Gasteiger partial charge in [0, 0.05) is 6.42 Å². The van der Waals surface area contributed by atoms with Crippen molar-refractivity contribution in [3.8, 4) is 0 Å². The molecule has 5 nitrogen and oxygen atoms in total. The lowest BCUT2D eigenvalue weighted by molar-refractivity contribution is -0.138. The lowest BCUT2D eigenvalue weighted by Gasteiger charge is -2.61. The fourth-order valence-electron chi connectivity index (χ4n) is 9.03. The Labute approximate surface area is 187 Å². The van der Waals surface area contributed by atoms with Crippen LogP contribution in [0.4, 0.5) is 0 Å². The van der Waals surface area contributed by atoms with E-state index in [1.807, 2.05) is 0 Å². The fourth-order valence-corrected chi connectivity index (χ4v) is 9.03. The predicted molar refractivity (Wildman–Crippen MR) is 120 cm³/mol. The number of carboxylic acid groups (broad SMARTS) is 1. The van der Waals surface area contributed by atoms with Crippen molar-refractivity contribution in [1.82, 2.24) is 5.32 Å². The first kappa shape index (κ1) is 23.1. The number of fused-ring (bicyclic) bond motifs is 5. The highest BCUT2D eigenvalue weighted by Gasteiger charge is 2.60. The molecule has 3 N–H and O–H groups in total. The molecule has 0 aromatic carbocycles. The molecule has 4 aliphatic rings. The van der Waals surface area contributed by atoms with Crippen LogP contribution < -0.4 is 5.32 Å². The number of amides is 1. The molecule has 0 aliphatic heterocycles. The van der Waals surface area contributed by atoms with Gasteiger partial charge in [0.15, 0.2) is 0 Å². The van der Waals surface area contributed by atoms with Crippen molar-refractivity contribution < 1.29 is 19.8 Å². The van der Waals surface area contributed by atoms with E-state index in [4.69, 9.17) is 5.11 Å². The van der Waals surface area contributed by atoms with Crippen molar-refractivity contribution in [1.29, 1.82) is 0 Å². The van der Waals surface area contributed by atoms with Crippen LogP contribution in [0, 0.1) is 46.3 Å². The average Bonchev–Trinajstić information content (AvgIpc) is 3.08. The first-order valence-corrected chi connectivity index (χ1v) is 12.8. The molecule has 4 saturated carbocycles. The van der Waals surface area contributed by atoms with Gasteiger partial charge in [-0.1, -0.05) is 20.8 Å². The van der Waals surface area contributed by atoms with Crippen LogP contribution >= 0.6 is 0 Å². The van der Waals surface area contributed by atoms with E-state index >= 15 is 0 Å². The first-order valence-electron chi connectivity index (χ1n) is 12.8. The molecule has 0 radical (unpaired) electrons. The number of carbonyl (C=O) groups is 2. The van der Waals surface area contributed by atoms with E-state index in [-0.39, 0.29) is 18.6 Å². The van der Waals surface area contributed by atoms with Crippen molar-refractivity contribution in [3.05, 3.63) is 0 Å². The third-order valence-electron chi connectivity index (χ3n) is 10.7. The summed E-state index contributed by atoms with van der Waals surface area (Å²) in [6, 6.07) is 0. The van der Waals surface area contributed by atoms with Crippen LogP contribution in [-0.2, 0) is 9.59 Å². The minimum absolute atomic E-state index is 0.0760. The molecule has 1 amide bonds. The number of rotatable bonds is 6. The SMILES string of the molecule is C[C@H](CCC(=O)NCC(=O)O)[C@H]1CC[C@H]2[C@@H]3CC[C@H]4C[C@H](O)CC[C@]4(C)[C@@H]3CC[C@]12C. The lowest BCUT2D eigenvalue weighted by Crippen LogP contribution is -2.54. The van der Waals surface area contributed by atoms with Gasteiger partial charge in [0.1, 0.15) is 6.54 Å². The summed E-state index contributed by atoms with van der Waals surface area (Å²) in [6.07, 6.45) is 12.3. The summed E-state index contributed by atoms with van der Waals surface area (Å²) in [7, 11) is 0. The molecule has 4 aliphatic carbocycles. The van der Waals surface area contributed by atoms with Crippen LogP contribution in [0.2, 0.25) is 0 Å². The van der Waals surface area contributed by atoms with Crippen molar-refractivity contribution in [2.24, 2.45) is 46.3 Å². The predicted octanol–water partition coefficient (Wildman–Crippen LogP) is 4.62. The number of aliphatic hydroxyl groups excluding tert-OH is 1. The average molecular weight is 434 g/mol. The standard InChI is InChI=1S/C26H43NO4/c1-16(4-9-23(29)27-15-24(30)31)20-7-8-21-19-6-5-17-14-18(28)10-12-25(17,2)22(19)11-13-26(20,21)3/h16-22,28H,4-15H2,1-3H3,(H,27,29)(H,30,31)/t16-,17+,18-,19+,20-,21+,22-,25+,26-/m1/s1. The highest BCUT2D eigenvalue weighted by atomic mass is 16.4. The molecular formula is C26H43NO4. The smallest absolute Gasteiger partial charge is 0.322 e. The summed E-state index contributed by atoms with van der Waals surface area (Å²) < 4.78 is 0. The third-order valence-corrected chi connectivity index (χ3v) is 10.7. The molecule has 0 bridgehead atoms. The largest absolute Gasteiger partial charge is 0.480 e. The quantitative estimate of drug-likeness (QED) is 0.570. The Kier molecular flexibility index (Phi) is 6.46. The Morgan fingerprint density at radius 1 is 1.00 bits per heavy atom. The van der Waals surface area contributed by atoms with E-state index in [2.05, 4.69) is 26.1 Å². The number of carboxylic acids is 1. The minimum atomic E-state index is -0.986. The number of nitrogens with one attached hydrogen (secondary N) is 1. The molecule has 4 fully saturated rings. The molecule has 0 saturated heterocycles. The van der Waals surface area contributed by atoms with Crippen LogP contribution in [0.1, 0.15) is 91.4 Å². The zero-order valence-corrected chi connectivity index (χ0v) is 19.7. The monoisotopic (exact) mass is 433 g/mol.